The molecule has 0 bridgehead atoms. The second-order valence-corrected chi connectivity index (χ2v) is 4.62. The largest absolute Gasteiger partial charge is 0.321 e. The molecule has 0 saturated carbocycles. The predicted molar refractivity (Wildman–Crippen MR) is 76.1 cm³/mol. The lowest BCUT2D eigenvalue weighted by Crippen LogP contribution is -2.15. The monoisotopic (exact) mass is 252 g/mol. The smallest absolute Gasteiger partial charge is 0.266 e. The molecule has 0 saturated heterocycles. The minimum atomic E-state index is -0.319. The van der Waals surface area contributed by atoms with Crippen molar-refractivity contribution in [1.29, 1.82) is 5.26 Å². The first-order valence-electron chi connectivity index (χ1n) is 6.31. The molecule has 0 radical (unpaired) electrons. The summed E-state index contributed by atoms with van der Waals surface area (Å²) in [7, 11) is 0. The van der Waals surface area contributed by atoms with Gasteiger partial charge in [-0.2, -0.15) is 5.26 Å². The number of hydrogen-bond acceptors (Lipinski definition) is 2. The maximum Gasteiger partial charge on any atom is 0.266 e. The topological polar surface area (TPSA) is 56.6 Å². The van der Waals surface area contributed by atoms with E-state index < -0.39 is 0 Å². The molecule has 96 valence electrons. The molecule has 0 unspecified atom stereocenters. The summed E-state index contributed by atoms with van der Waals surface area (Å²) >= 11 is 0. The molecule has 0 aliphatic carbocycles. The van der Waals surface area contributed by atoms with Gasteiger partial charge in [-0.15, -0.1) is 0 Å². The van der Waals surface area contributed by atoms with Crippen molar-refractivity contribution in [1.82, 2.24) is 4.98 Å². The maximum atomic E-state index is 11.9. The molecule has 1 N–H and O–H groups in total. The first-order chi connectivity index (χ1) is 9.08. The fourth-order valence-corrected chi connectivity index (χ4v) is 2.15. The van der Waals surface area contributed by atoms with Gasteiger partial charge in [-0.25, -0.2) is 0 Å². The van der Waals surface area contributed by atoms with E-state index >= 15 is 0 Å². The second kappa shape index (κ2) is 5.11. The van der Waals surface area contributed by atoms with Crippen LogP contribution in [-0.4, -0.2) is 4.98 Å². The Hall–Kier alpha value is -2.34. The third-order valence-corrected chi connectivity index (χ3v) is 3.54. The van der Waals surface area contributed by atoms with Crippen molar-refractivity contribution in [3.8, 4) is 17.3 Å². The van der Waals surface area contributed by atoms with Gasteiger partial charge in [-0.05, 0) is 42.5 Å². The van der Waals surface area contributed by atoms with Crippen molar-refractivity contribution in [3.63, 3.8) is 0 Å². The minimum absolute atomic E-state index is 0.200. The van der Waals surface area contributed by atoms with E-state index in [-0.39, 0.29) is 11.1 Å². The zero-order valence-corrected chi connectivity index (χ0v) is 11.4. The number of aromatic amines is 1. The van der Waals surface area contributed by atoms with E-state index in [1.54, 1.807) is 0 Å². The third-order valence-electron chi connectivity index (χ3n) is 3.54. The van der Waals surface area contributed by atoms with Crippen LogP contribution in [0.15, 0.2) is 29.1 Å². The van der Waals surface area contributed by atoms with Crippen molar-refractivity contribution in [2.45, 2.75) is 27.2 Å². The Morgan fingerprint density at radius 1 is 1.16 bits per heavy atom. The summed E-state index contributed by atoms with van der Waals surface area (Å²) in [6.07, 6.45) is 0.988. The Morgan fingerprint density at radius 3 is 2.32 bits per heavy atom. The van der Waals surface area contributed by atoms with Crippen LogP contribution in [-0.2, 0) is 6.42 Å². The van der Waals surface area contributed by atoms with Crippen LogP contribution in [0, 0.1) is 25.2 Å². The molecule has 0 atom stereocenters. The Kier molecular flexibility index (Phi) is 3.52. The van der Waals surface area contributed by atoms with Gasteiger partial charge in [0.25, 0.3) is 5.56 Å². The summed E-state index contributed by atoms with van der Waals surface area (Å²) in [4.78, 5) is 14.7. The highest BCUT2D eigenvalue weighted by atomic mass is 16.1. The molecule has 0 aliphatic rings. The van der Waals surface area contributed by atoms with E-state index in [1.165, 1.54) is 5.56 Å². The Bertz CT molecular complexity index is 703. The summed E-state index contributed by atoms with van der Waals surface area (Å²) in [5.41, 5.74) is 4.60. The number of aryl methyl sites for hydroxylation is 1. The molecule has 0 spiro atoms. The maximum absolute atomic E-state index is 11.9. The molecule has 0 aliphatic heterocycles. The summed E-state index contributed by atoms with van der Waals surface area (Å²) in [6, 6.07) is 10.1. The Morgan fingerprint density at radius 2 is 1.79 bits per heavy atom. The van der Waals surface area contributed by atoms with Gasteiger partial charge in [0.05, 0.1) is 5.69 Å². The molecule has 1 aromatic carbocycles. The predicted octanol–water partition coefficient (Wildman–Crippen LogP) is 3.09. The number of nitrogens with zero attached hydrogens (tertiary/aromatic N) is 1. The number of benzene rings is 1. The van der Waals surface area contributed by atoms with Crippen molar-refractivity contribution < 1.29 is 0 Å². The van der Waals surface area contributed by atoms with Crippen LogP contribution in [0.3, 0.4) is 0 Å². The number of aromatic nitrogens is 1. The quantitative estimate of drug-likeness (QED) is 0.892. The Balaban J connectivity index is 2.63. The van der Waals surface area contributed by atoms with Crippen LogP contribution in [0.25, 0.3) is 11.3 Å². The van der Waals surface area contributed by atoms with E-state index in [4.69, 9.17) is 5.26 Å². The number of pyridine rings is 1. The van der Waals surface area contributed by atoms with Crippen LogP contribution in [0.4, 0.5) is 0 Å². The molecule has 1 aromatic heterocycles. The lowest BCUT2D eigenvalue weighted by atomic mass is 9.99. The summed E-state index contributed by atoms with van der Waals surface area (Å²) in [5.74, 6) is 0. The zero-order chi connectivity index (χ0) is 14.0. The van der Waals surface area contributed by atoms with E-state index in [2.05, 4.69) is 24.0 Å². The molecular weight excluding hydrogens is 236 g/mol. The van der Waals surface area contributed by atoms with Gasteiger partial charge in [-0.1, -0.05) is 31.2 Å². The lowest BCUT2D eigenvalue weighted by molar-refractivity contribution is 1.13. The zero-order valence-electron chi connectivity index (χ0n) is 11.4. The fourth-order valence-electron chi connectivity index (χ4n) is 2.15. The summed E-state index contributed by atoms with van der Waals surface area (Å²) in [6.45, 7) is 5.84. The number of nitrogens with one attached hydrogen (secondary N) is 1. The average Bonchev–Trinajstić information content (AvgIpc) is 2.43. The first-order valence-corrected chi connectivity index (χ1v) is 6.31. The average molecular weight is 252 g/mol. The molecule has 2 aromatic rings. The van der Waals surface area contributed by atoms with Crippen molar-refractivity contribution in [2.24, 2.45) is 0 Å². The number of H-pyrrole nitrogens is 1. The number of rotatable bonds is 2. The van der Waals surface area contributed by atoms with Crippen LogP contribution < -0.4 is 5.56 Å². The summed E-state index contributed by atoms with van der Waals surface area (Å²) < 4.78 is 0. The van der Waals surface area contributed by atoms with Crippen LogP contribution in [0.5, 0.6) is 0 Å². The first kappa shape index (κ1) is 13.1. The molecule has 2 rings (SSSR count). The minimum Gasteiger partial charge on any atom is -0.321 e. The normalized spacial score (nSPS) is 10.2. The van der Waals surface area contributed by atoms with Crippen LogP contribution in [0.1, 0.15) is 29.2 Å². The van der Waals surface area contributed by atoms with Gasteiger partial charge in [0.1, 0.15) is 11.6 Å². The van der Waals surface area contributed by atoms with Crippen LogP contribution >= 0.6 is 0 Å². The molecule has 0 amide bonds. The van der Waals surface area contributed by atoms with Crippen molar-refractivity contribution >= 4 is 0 Å². The lowest BCUT2D eigenvalue weighted by Gasteiger charge is -2.10. The fraction of sp³-hybridized carbons (Fsp3) is 0.250. The molecular formula is C16H16N2O. The highest BCUT2D eigenvalue weighted by Crippen LogP contribution is 2.23. The molecule has 1 heterocycles. The van der Waals surface area contributed by atoms with Crippen molar-refractivity contribution in [2.75, 3.05) is 0 Å². The van der Waals surface area contributed by atoms with Gasteiger partial charge in [-0.3, -0.25) is 4.79 Å². The van der Waals surface area contributed by atoms with Crippen LogP contribution in [0.2, 0.25) is 0 Å². The third kappa shape index (κ3) is 2.30. The number of hydrogen-bond donors (Lipinski definition) is 1. The molecule has 3 heteroatoms. The molecule has 19 heavy (non-hydrogen) atoms. The van der Waals surface area contributed by atoms with E-state index in [0.717, 1.165) is 28.8 Å². The van der Waals surface area contributed by atoms with Gasteiger partial charge in [0.15, 0.2) is 0 Å². The van der Waals surface area contributed by atoms with Gasteiger partial charge in [0, 0.05) is 0 Å². The molecule has 0 fully saturated rings. The highest BCUT2D eigenvalue weighted by Gasteiger charge is 2.12. The van der Waals surface area contributed by atoms with Gasteiger partial charge in [0.2, 0.25) is 0 Å². The Labute approximate surface area is 112 Å². The van der Waals surface area contributed by atoms with Gasteiger partial charge >= 0.3 is 0 Å². The SMILES string of the molecule is CCc1ccc(-c2[nH]c(=O)c(C#N)c(C)c2C)cc1. The van der Waals surface area contributed by atoms with Crippen molar-refractivity contribution in [3.05, 3.63) is 56.9 Å². The summed E-state index contributed by atoms with van der Waals surface area (Å²) in [5, 5.41) is 8.98. The van der Waals surface area contributed by atoms with E-state index in [0.29, 0.717) is 0 Å². The second-order valence-electron chi connectivity index (χ2n) is 4.62. The highest BCUT2D eigenvalue weighted by molar-refractivity contribution is 5.65. The van der Waals surface area contributed by atoms with E-state index in [9.17, 15) is 4.79 Å². The van der Waals surface area contributed by atoms with E-state index in [1.807, 2.05) is 32.0 Å². The number of nitriles is 1. The van der Waals surface area contributed by atoms with Gasteiger partial charge < -0.3 is 4.98 Å². The standard InChI is InChI=1S/C16H16N2O/c1-4-12-5-7-13(8-6-12)15-11(3)10(2)14(9-17)16(19)18-15/h5-8H,4H2,1-3H3,(H,18,19). The molecule has 3 nitrogen and oxygen atoms in total.